The molecule has 0 saturated heterocycles. The zero-order valence-corrected chi connectivity index (χ0v) is 39.3. The van der Waals surface area contributed by atoms with Crippen LogP contribution in [0.15, 0.2) is 54.9 Å². The average Bonchev–Trinajstić information content (AvgIpc) is 2.98. The molecule has 1 aromatic heterocycles. The summed E-state index contributed by atoms with van der Waals surface area (Å²) < 4.78 is 237. The zero-order valence-electron chi connectivity index (χ0n) is 32.5. The molecule has 0 unspecified atom stereocenters. The topological polar surface area (TPSA) is 12.9 Å². The van der Waals surface area contributed by atoms with Gasteiger partial charge >= 0.3 is 132 Å². The van der Waals surface area contributed by atoms with Crippen LogP contribution in [0.2, 0.25) is 0 Å². The van der Waals surface area contributed by atoms with Crippen molar-refractivity contribution in [3.05, 3.63) is 54.9 Å². The summed E-state index contributed by atoms with van der Waals surface area (Å²) >= 11 is 0. The van der Waals surface area contributed by atoms with E-state index in [0.29, 0.717) is 7.92 Å². The van der Waals surface area contributed by atoms with E-state index in [2.05, 4.69) is 29.3 Å². The first-order chi connectivity index (χ1) is 26.2. The van der Waals surface area contributed by atoms with Crippen molar-refractivity contribution in [2.24, 2.45) is 0 Å². The van der Waals surface area contributed by atoms with Gasteiger partial charge in [-0.3, -0.25) is 4.98 Å². The molecule has 62 heavy (non-hydrogen) atoms. The fourth-order valence-electron chi connectivity index (χ4n) is 6.20. The van der Waals surface area contributed by atoms with E-state index in [-0.39, 0.29) is 20.1 Å². The Kier molecular flexibility index (Phi) is 22.8. The number of hydrogen-bond donors (Lipinski definition) is 0. The zero-order chi connectivity index (χ0) is 48.4. The number of nitrogens with zero attached hydrogens (tertiary/aromatic N) is 1. The summed E-state index contributed by atoms with van der Waals surface area (Å²) in [6.45, 7) is 0. The largest absolute Gasteiger partial charge is 0.265 e. The first-order valence-corrected chi connectivity index (χ1v) is 28.1. The predicted molar refractivity (Wildman–Crippen MR) is 203 cm³/mol. The van der Waals surface area contributed by atoms with Crippen LogP contribution in [0.5, 0.6) is 0 Å². The van der Waals surface area contributed by atoms with Crippen LogP contribution < -0.4 is 0 Å². The monoisotopic (exact) mass is 1240 g/mol. The van der Waals surface area contributed by atoms with Gasteiger partial charge in [0.15, 0.2) is 0 Å². The molecule has 0 amide bonds. The van der Waals surface area contributed by atoms with E-state index in [1.54, 1.807) is 89.4 Å². The quantitative estimate of drug-likeness (QED) is 0.167. The Morgan fingerprint density at radius 1 is 0.306 bits per heavy atom. The van der Waals surface area contributed by atoms with Gasteiger partial charge in [-0.15, -0.1) is 0 Å². The van der Waals surface area contributed by atoms with Crippen molar-refractivity contribution in [2.45, 2.75) is 139 Å². The minimum absolute atomic E-state index is 0. The van der Waals surface area contributed by atoms with Crippen LogP contribution >= 0.6 is 39.2 Å². The Balaban J connectivity index is -0.000000696. The summed E-state index contributed by atoms with van der Waals surface area (Å²) in [7, 11) is -42.2. The van der Waals surface area contributed by atoms with Crippen LogP contribution in [0.4, 0.5) is 101 Å². The third-order valence-corrected chi connectivity index (χ3v) is 12.0. The molecule has 3 saturated carbocycles. The van der Waals surface area contributed by atoms with Crippen LogP contribution in [0.1, 0.15) is 122 Å². The van der Waals surface area contributed by atoms with Gasteiger partial charge in [-0.2, -0.15) is 0 Å². The van der Waals surface area contributed by atoms with Crippen LogP contribution in [0.3, 0.4) is 0 Å². The average molecular weight is 1240 g/mol. The molecular weight excluding hydrogens is 1190 g/mol. The molecule has 0 atom stereocenters. The number of aromatic nitrogens is 1. The Morgan fingerprint density at radius 3 is 0.613 bits per heavy atom. The van der Waals surface area contributed by atoms with Crippen LogP contribution in [-0.2, 0) is 20.1 Å². The summed E-state index contributed by atoms with van der Waals surface area (Å²) in [4.78, 5) is 3.78. The van der Waals surface area contributed by atoms with Gasteiger partial charge in [-0.1, -0.05) is 96.1 Å². The standard InChI is InChI=1S/C18H33P.C8H12.C5H5N.4F6P.Ir/c1-4-10-16(11-5-1)19(17-12-6-2-7-13-17)18-14-8-3-9-15-18;1-2-4-6-8-7-5-3-1;1-2-4-6-5-3-1;4*1-7(2,3,4,5)6;/h16-18H,1-15H2;1-2,7-8H,3-6H2;1-5H;;;;;/q;;;4*-1;/b;2-1-,8-7?;;;;;;. The van der Waals surface area contributed by atoms with E-state index < -0.39 is 31.2 Å². The van der Waals surface area contributed by atoms with Gasteiger partial charge in [0.25, 0.3) is 0 Å². The van der Waals surface area contributed by atoms with Crippen LogP contribution in [-0.4, -0.2) is 22.0 Å². The Hall–Kier alpha value is -0.251. The maximum atomic E-state index is 9.87. The normalized spacial score (nSPS) is 23.2. The molecule has 0 bridgehead atoms. The van der Waals surface area contributed by atoms with Gasteiger partial charge < -0.3 is 0 Å². The van der Waals surface area contributed by atoms with E-state index in [1.165, 1.54) is 61.9 Å². The van der Waals surface area contributed by atoms with Gasteiger partial charge in [0.05, 0.1) is 0 Å². The first-order valence-electron chi connectivity index (χ1n) is 18.4. The predicted octanol–water partition coefficient (Wildman–Crippen LogP) is 23.7. The van der Waals surface area contributed by atoms with Gasteiger partial charge in [0.1, 0.15) is 0 Å². The number of rotatable bonds is 3. The molecule has 1 nitrogen and oxygen atoms in total. The summed E-state index contributed by atoms with van der Waals surface area (Å²) in [5, 5.41) is 0. The van der Waals surface area contributed by atoms with Crippen LogP contribution in [0, 0.1) is 0 Å². The molecule has 0 aromatic carbocycles. The van der Waals surface area contributed by atoms with Gasteiger partial charge in [-0.25, -0.2) is 0 Å². The van der Waals surface area contributed by atoms with Gasteiger partial charge in [-0.05, 0) is 93.3 Å². The maximum Gasteiger partial charge on any atom is 0.0267 e. The number of allylic oxidation sites excluding steroid dienone is 4. The molecule has 5 rings (SSSR count). The second-order valence-corrected chi connectivity index (χ2v) is 25.0. The molecule has 4 aliphatic rings. The van der Waals surface area contributed by atoms with Gasteiger partial charge in [0, 0.05) is 32.5 Å². The molecule has 1 radical (unpaired) electrons. The van der Waals surface area contributed by atoms with E-state index in [1.807, 2.05) is 18.2 Å². The van der Waals surface area contributed by atoms with Crippen molar-refractivity contribution in [3.63, 3.8) is 0 Å². The van der Waals surface area contributed by atoms with Crippen molar-refractivity contribution in [3.8, 4) is 0 Å². The molecule has 3 fully saturated rings. The number of pyridine rings is 1. The molecule has 31 heteroatoms. The minimum Gasteiger partial charge on any atom is -0.265 e. The fourth-order valence-corrected chi connectivity index (χ4v) is 10.9. The van der Waals surface area contributed by atoms with Crippen molar-refractivity contribution in [2.75, 3.05) is 0 Å². The van der Waals surface area contributed by atoms with E-state index in [4.69, 9.17) is 0 Å². The smallest absolute Gasteiger partial charge is 0.0267 e. The second-order valence-electron chi connectivity index (χ2n) is 14.3. The Bertz CT molecular complexity index is 1190. The fraction of sp³-hybridized carbons (Fsp3) is 0.710. The first kappa shape index (κ1) is 66.0. The molecule has 0 N–H and O–H groups in total. The van der Waals surface area contributed by atoms with Crippen molar-refractivity contribution in [1.29, 1.82) is 0 Å². The van der Waals surface area contributed by atoms with Crippen molar-refractivity contribution < 1.29 is 121 Å². The third-order valence-electron chi connectivity index (χ3n) is 7.89. The molecule has 1 heterocycles. The maximum absolute atomic E-state index is 10.7. The Morgan fingerprint density at radius 2 is 0.484 bits per heavy atom. The second kappa shape index (κ2) is 21.4. The molecule has 1 aromatic rings. The SMILES string of the molecule is C1=CCC/C=C\CC1.C1CCC(P(C2CCCCC2)C2CCCCC2)CC1.F[P-](F)(F)(F)(F)F.F[P-](F)(F)(F)(F)F.F[P-](F)(F)(F)(F)F.F[P-](F)(F)(F)(F)F.[Ir].c1ccncc1. The summed E-state index contributed by atoms with van der Waals surface area (Å²) in [6, 6.07) is 5.72. The van der Waals surface area contributed by atoms with Gasteiger partial charge in [0.2, 0.25) is 0 Å². The number of hydrogen-bond acceptors (Lipinski definition) is 1. The summed E-state index contributed by atoms with van der Waals surface area (Å²) in [5.41, 5.74) is 3.57. The van der Waals surface area contributed by atoms with E-state index >= 15 is 0 Å². The molecule has 0 aliphatic heterocycles. The number of halogens is 24. The summed E-state index contributed by atoms with van der Waals surface area (Å²) in [6.07, 6.45) is 41.1. The Labute approximate surface area is 358 Å². The van der Waals surface area contributed by atoms with E-state index in [0.717, 1.165) is 0 Å². The van der Waals surface area contributed by atoms with Crippen LogP contribution in [0.25, 0.3) is 0 Å². The molecule has 0 spiro atoms. The molecular formula is C31H50F24IrNP5-4. The molecule has 385 valence electrons. The molecule has 4 aliphatic carbocycles. The van der Waals surface area contributed by atoms with Crippen molar-refractivity contribution >= 4 is 39.2 Å². The van der Waals surface area contributed by atoms with E-state index in [9.17, 15) is 101 Å². The van der Waals surface area contributed by atoms with Crippen molar-refractivity contribution in [1.82, 2.24) is 4.98 Å². The summed E-state index contributed by atoms with van der Waals surface area (Å²) in [5.74, 6) is 0. The minimum atomic E-state index is -10.7. The third kappa shape index (κ3) is 83.3.